The molecule has 0 saturated heterocycles. The van der Waals surface area contributed by atoms with Gasteiger partial charge in [-0.25, -0.2) is 4.79 Å². The van der Waals surface area contributed by atoms with Crippen LogP contribution in [0.15, 0.2) is 24.3 Å². The zero-order chi connectivity index (χ0) is 13.8. The van der Waals surface area contributed by atoms with Crippen LogP contribution in [0.25, 0.3) is 0 Å². The van der Waals surface area contributed by atoms with E-state index in [0.29, 0.717) is 24.5 Å². The van der Waals surface area contributed by atoms with Crippen molar-refractivity contribution >= 4 is 18.1 Å². The Labute approximate surface area is 107 Å². The van der Waals surface area contributed by atoms with E-state index in [-0.39, 0.29) is 6.61 Å². The van der Waals surface area contributed by atoms with Crippen LogP contribution < -0.4 is 10.1 Å². The molecular formula is C13H19NO4. The van der Waals surface area contributed by atoms with Crippen molar-refractivity contribution in [3.05, 3.63) is 24.3 Å². The number of carbonyl (C=O) groups is 2. The van der Waals surface area contributed by atoms with E-state index in [0.717, 1.165) is 0 Å². The Morgan fingerprint density at radius 2 is 1.89 bits per heavy atom. The van der Waals surface area contributed by atoms with Gasteiger partial charge < -0.3 is 14.8 Å². The van der Waals surface area contributed by atoms with Crippen LogP contribution in [0.5, 0.6) is 5.75 Å². The summed E-state index contributed by atoms with van der Waals surface area (Å²) in [5.41, 5.74) is 0.665. The summed E-state index contributed by atoms with van der Waals surface area (Å²) in [6.07, 6.45) is 0.592. The first-order chi connectivity index (χ1) is 8.76. The second kappa shape index (κ2) is 10.1. The monoisotopic (exact) mass is 253 g/mol. The highest BCUT2D eigenvalue weighted by molar-refractivity contribution is 5.72. The van der Waals surface area contributed by atoms with E-state index in [2.05, 4.69) is 5.32 Å². The minimum Gasteiger partial charge on any atom is -0.482 e. The van der Waals surface area contributed by atoms with Gasteiger partial charge in [-0.15, -0.1) is 0 Å². The van der Waals surface area contributed by atoms with Gasteiger partial charge in [0.25, 0.3) is 0 Å². The predicted molar refractivity (Wildman–Crippen MR) is 69.6 cm³/mol. The van der Waals surface area contributed by atoms with Gasteiger partial charge in [-0.05, 0) is 31.2 Å². The molecule has 0 heterocycles. The van der Waals surface area contributed by atoms with Crippen molar-refractivity contribution < 1.29 is 19.1 Å². The molecular weight excluding hydrogens is 234 g/mol. The number of esters is 1. The number of benzene rings is 1. The Balaban J connectivity index is 0.00000137. The minimum absolute atomic E-state index is 0.117. The molecule has 0 radical (unpaired) electrons. The molecule has 5 nitrogen and oxygen atoms in total. The van der Waals surface area contributed by atoms with Crippen molar-refractivity contribution in [3.8, 4) is 5.75 Å². The second-order valence-electron chi connectivity index (χ2n) is 2.88. The zero-order valence-corrected chi connectivity index (χ0v) is 10.9. The molecule has 0 aromatic heterocycles. The highest BCUT2D eigenvalue weighted by atomic mass is 16.6. The van der Waals surface area contributed by atoms with Crippen LogP contribution in [0.4, 0.5) is 5.69 Å². The number of carbonyl (C=O) groups excluding carboxylic acids is 2. The fourth-order valence-corrected chi connectivity index (χ4v) is 1.06. The van der Waals surface area contributed by atoms with E-state index in [4.69, 9.17) is 9.47 Å². The number of hydrogen-bond donors (Lipinski definition) is 1. The smallest absolute Gasteiger partial charge is 0.344 e. The third kappa shape index (κ3) is 6.52. The second-order valence-corrected chi connectivity index (χ2v) is 2.88. The summed E-state index contributed by atoms with van der Waals surface area (Å²) < 4.78 is 9.87. The minimum atomic E-state index is -0.405. The van der Waals surface area contributed by atoms with Gasteiger partial charge in [0.1, 0.15) is 5.75 Å². The maximum absolute atomic E-state index is 11.0. The molecule has 1 amide bonds. The number of nitrogens with one attached hydrogen (secondary N) is 1. The summed E-state index contributed by atoms with van der Waals surface area (Å²) in [6, 6.07) is 6.67. The molecule has 5 heteroatoms. The van der Waals surface area contributed by atoms with E-state index in [1.165, 1.54) is 0 Å². The molecule has 0 atom stereocenters. The number of hydrogen-bond acceptors (Lipinski definition) is 4. The van der Waals surface area contributed by atoms with Crippen LogP contribution in [-0.2, 0) is 14.3 Å². The maximum atomic E-state index is 11.0. The molecule has 1 aromatic rings. The maximum Gasteiger partial charge on any atom is 0.344 e. The molecule has 1 aromatic carbocycles. The molecule has 1 N–H and O–H groups in total. The number of rotatable bonds is 6. The molecule has 0 aliphatic carbocycles. The Kier molecular flexibility index (Phi) is 8.99. The number of ether oxygens (including phenoxy) is 2. The molecule has 1 rings (SSSR count). The van der Waals surface area contributed by atoms with Crippen molar-refractivity contribution in [1.82, 2.24) is 0 Å². The quantitative estimate of drug-likeness (QED) is 0.623. The molecule has 0 bridgehead atoms. The normalized spacial score (nSPS) is 8.61. The Morgan fingerprint density at radius 1 is 1.28 bits per heavy atom. The SMILES string of the molecule is CC.CCOC(=O)COc1ccc(NC=O)cc1. The van der Waals surface area contributed by atoms with E-state index in [1.807, 2.05) is 13.8 Å². The van der Waals surface area contributed by atoms with Gasteiger partial charge >= 0.3 is 5.97 Å². The van der Waals surface area contributed by atoms with Crippen molar-refractivity contribution in [1.29, 1.82) is 0 Å². The largest absolute Gasteiger partial charge is 0.482 e. The highest BCUT2D eigenvalue weighted by Crippen LogP contribution is 2.14. The lowest BCUT2D eigenvalue weighted by Gasteiger charge is -2.06. The van der Waals surface area contributed by atoms with Crippen LogP contribution in [0.2, 0.25) is 0 Å². The van der Waals surface area contributed by atoms with Gasteiger partial charge in [-0.1, -0.05) is 13.8 Å². The Bertz CT molecular complexity index is 349. The average Bonchev–Trinajstić information content (AvgIpc) is 2.41. The van der Waals surface area contributed by atoms with Crippen LogP contribution in [0.1, 0.15) is 20.8 Å². The van der Waals surface area contributed by atoms with Crippen molar-refractivity contribution in [3.63, 3.8) is 0 Å². The molecule has 0 unspecified atom stereocenters. The van der Waals surface area contributed by atoms with Crippen molar-refractivity contribution in [2.24, 2.45) is 0 Å². The van der Waals surface area contributed by atoms with E-state index >= 15 is 0 Å². The summed E-state index contributed by atoms with van der Waals surface area (Å²) in [5, 5.41) is 2.49. The van der Waals surface area contributed by atoms with Gasteiger partial charge in [0.2, 0.25) is 6.41 Å². The summed E-state index contributed by atoms with van der Waals surface area (Å²) in [7, 11) is 0. The first kappa shape index (κ1) is 16.0. The fraction of sp³-hybridized carbons (Fsp3) is 0.385. The molecule has 0 spiro atoms. The molecule has 0 aliphatic rings. The molecule has 0 saturated carbocycles. The van der Waals surface area contributed by atoms with Gasteiger partial charge in [0.15, 0.2) is 6.61 Å². The molecule has 0 aliphatic heterocycles. The van der Waals surface area contributed by atoms with Gasteiger partial charge in [0.05, 0.1) is 6.61 Å². The third-order valence-electron chi connectivity index (χ3n) is 1.74. The van der Waals surface area contributed by atoms with E-state index in [1.54, 1.807) is 31.2 Å². The van der Waals surface area contributed by atoms with E-state index in [9.17, 15) is 9.59 Å². The van der Waals surface area contributed by atoms with Crippen LogP contribution in [0.3, 0.4) is 0 Å². The highest BCUT2D eigenvalue weighted by Gasteiger charge is 2.02. The first-order valence-corrected chi connectivity index (χ1v) is 5.85. The Morgan fingerprint density at radius 3 is 2.39 bits per heavy atom. The number of amides is 1. The third-order valence-corrected chi connectivity index (χ3v) is 1.74. The summed E-state index contributed by atoms with van der Waals surface area (Å²) in [6.45, 7) is 5.95. The topological polar surface area (TPSA) is 64.6 Å². The van der Waals surface area contributed by atoms with Gasteiger partial charge in [0, 0.05) is 5.69 Å². The summed E-state index contributed by atoms with van der Waals surface area (Å²) in [5.74, 6) is 0.141. The fourth-order valence-electron chi connectivity index (χ4n) is 1.06. The summed E-state index contributed by atoms with van der Waals surface area (Å²) in [4.78, 5) is 21.1. The van der Waals surface area contributed by atoms with Crippen LogP contribution in [0, 0.1) is 0 Å². The lowest BCUT2D eigenvalue weighted by atomic mass is 10.3. The van der Waals surface area contributed by atoms with Crippen LogP contribution in [-0.4, -0.2) is 25.6 Å². The Hall–Kier alpha value is -2.04. The first-order valence-electron chi connectivity index (χ1n) is 5.85. The van der Waals surface area contributed by atoms with Crippen LogP contribution >= 0.6 is 0 Å². The number of anilines is 1. The lowest BCUT2D eigenvalue weighted by molar-refractivity contribution is -0.145. The summed E-state index contributed by atoms with van der Waals surface area (Å²) >= 11 is 0. The van der Waals surface area contributed by atoms with Crippen molar-refractivity contribution in [2.45, 2.75) is 20.8 Å². The van der Waals surface area contributed by atoms with Gasteiger partial charge in [-0.2, -0.15) is 0 Å². The average molecular weight is 253 g/mol. The predicted octanol–water partition coefficient (Wildman–Crippen LogP) is 2.22. The lowest BCUT2D eigenvalue weighted by Crippen LogP contribution is -2.14. The molecule has 0 fully saturated rings. The molecule has 100 valence electrons. The van der Waals surface area contributed by atoms with Gasteiger partial charge in [-0.3, -0.25) is 4.79 Å². The molecule has 18 heavy (non-hydrogen) atoms. The standard InChI is InChI=1S/C11H13NO4.C2H6/c1-2-15-11(14)7-16-10-5-3-9(4-6-10)12-8-13;1-2/h3-6,8H,2,7H2,1H3,(H,12,13);1-2H3. The van der Waals surface area contributed by atoms with E-state index < -0.39 is 5.97 Å². The zero-order valence-electron chi connectivity index (χ0n) is 10.9. The van der Waals surface area contributed by atoms with Crippen molar-refractivity contribution in [2.75, 3.05) is 18.5 Å².